The van der Waals surface area contributed by atoms with Crippen LogP contribution in [0.25, 0.3) is 11.6 Å². The molecule has 0 aliphatic rings. The van der Waals surface area contributed by atoms with Crippen molar-refractivity contribution in [2.45, 2.75) is 6.92 Å². The van der Waals surface area contributed by atoms with Crippen LogP contribution in [0.1, 0.15) is 5.69 Å². The molecule has 2 N–H and O–H groups in total. The number of hydrogen-bond acceptors (Lipinski definition) is 2. The number of nitrogens with zero attached hydrogens (tertiary/aromatic N) is 2. The van der Waals surface area contributed by atoms with Crippen LogP contribution in [-0.2, 0) is 0 Å². The van der Waals surface area contributed by atoms with Crippen molar-refractivity contribution in [3.05, 3.63) is 24.3 Å². The molecule has 0 bridgehead atoms. The average Bonchev–Trinajstić information content (AvgIpc) is 2.55. The maximum Gasteiger partial charge on any atom is 0.173 e. The lowest BCUT2D eigenvalue weighted by Crippen LogP contribution is -1.81. The van der Waals surface area contributed by atoms with Gasteiger partial charge < -0.3 is 9.97 Å². The van der Waals surface area contributed by atoms with Crippen molar-refractivity contribution in [3.8, 4) is 11.6 Å². The molecule has 0 radical (unpaired) electrons. The summed E-state index contributed by atoms with van der Waals surface area (Å²) in [4.78, 5) is 14.2. The third-order valence-corrected chi connectivity index (χ3v) is 1.43. The first-order chi connectivity index (χ1) is 5.36. The Morgan fingerprint density at radius 3 is 2.73 bits per heavy atom. The van der Waals surface area contributed by atoms with E-state index in [9.17, 15) is 0 Å². The molecular weight excluding hydrogens is 140 g/mol. The van der Waals surface area contributed by atoms with Gasteiger partial charge in [0.15, 0.2) is 11.6 Å². The molecular formula is C7H8N4. The number of nitrogens with one attached hydrogen (secondary N) is 2. The highest BCUT2D eigenvalue weighted by molar-refractivity contribution is 5.42. The number of H-pyrrole nitrogens is 2. The number of imidazole rings is 2. The van der Waals surface area contributed by atoms with Crippen LogP contribution in [-0.4, -0.2) is 19.9 Å². The largest absolute Gasteiger partial charge is 0.342 e. The zero-order valence-corrected chi connectivity index (χ0v) is 6.13. The molecule has 11 heavy (non-hydrogen) atoms. The molecule has 56 valence electrons. The highest BCUT2D eigenvalue weighted by atomic mass is 15.0. The van der Waals surface area contributed by atoms with Gasteiger partial charge >= 0.3 is 0 Å². The van der Waals surface area contributed by atoms with E-state index in [4.69, 9.17) is 0 Å². The van der Waals surface area contributed by atoms with Crippen molar-refractivity contribution in [1.82, 2.24) is 19.9 Å². The maximum atomic E-state index is 4.11. The molecule has 2 rings (SSSR count). The minimum absolute atomic E-state index is 0.776. The van der Waals surface area contributed by atoms with Gasteiger partial charge in [-0.2, -0.15) is 0 Å². The number of hydrogen-bond donors (Lipinski definition) is 2. The van der Waals surface area contributed by atoms with Crippen LogP contribution in [0.4, 0.5) is 0 Å². The molecule has 2 aromatic heterocycles. The molecule has 0 aromatic carbocycles. The van der Waals surface area contributed by atoms with E-state index in [0.717, 1.165) is 17.3 Å². The topological polar surface area (TPSA) is 57.4 Å². The Morgan fingerprint density at radius 2 is 2.18 bits per heavy atom. The van der Waals surface area contributed by atoms with Crippen LogP contribution < -0.4 is 0 Å². The Balaban J connectivity index is 2.45. The molecule has 4 heteroatoms. The number of aromatic amines is 2. The second-order valence-corrected chi connectivity index (χ2v) is 2.35. The summed E-state index contributed by atoms with van der Waals surface area (Å²) >= 11 is 0. The van der Waals surface area contributed by atoms with Gasteiger partial charge in [0.2, 0.25) is 0 Å². The fraction of sp³-hybridized carbons (Fsp3) is 0.143. The standard InChI is InChI=1S/C7H8N4/c1-5-4-10-7(11-5)6-8-2-3-9-6/h2-4H,1H3,(H,8,9)(H,10,11). The molecule has 0 aliphatic heterocycles. The lowest BCUT2D eigenvalue weighted by Gasteiger charge is -1.86. The van der Waals surface area contributed by atoms with Crippen molar-refractivity contribution < 1.29 is 0 Å². The lowest BCUT2D eigenvalue weighted by atomic mass is 10.6. The Kier molecular flexibility index (Phi) is 1.25. The number of rotatable bonds is 1. The monoisotopic (exact) mass is 148 g/mol. The Bertz CT molecular complexity index is 333. The van der Waals surface area contributed by atoms with Gasteiger partial charge in [-0.15, -0.1) is 0 Å². The van der Waals surface area contributed by atoms with Crippen molar-refractivity contribution in [1.29, 1.82) is 0 Å². The van der Waals surface area contributed by atoms with Crippen LogP contribution in [0.2, 0.25) is 0 Å². The second kappa shape index (κ2) is 2.23. The smallest absolute Gasteiger partial charge is 0.173 e. The summed E-state index contributed by atoms with van der Waals surface area (Å²) in [6, 6.07) is 0. The van der Waals surface area contributed by atoms with Gasteiger partial charge in [-0.05, 0) is 6.92 Å². The summed E-state index contributed by atoms with van der Waals surface area (Å²) in [7, 11) is 0. The third kappa shape index (κ3) is 1.02. The fourth-order valence-corrected chi connectivity index (χ4v) is 0.928. The van der Waals surface area contributed by atoms with E-state index in [1.807, 2.05) is 6.92 Å². The molecule has 0 amide bonds. The van der Waals surface area contributed by atoms with Crippen LogP contribution in [0.3, 0.4) is 0 Å². The highest BCUT2D eigenvalue weighted by Gasteiger charge is 2.01. The number of aromatic nitrogens is 4. The minimum Gasteiger partial charge on any atom is -0.342 e. The van der Waals surface area contributed by atoms with Crippen molar-refractivity contribution in [3.63, 3.8) is 0 Å². The van der Waals surface area contributed by atoms with E-state index in [0.29, 0.717) is 0 Å². The molecule has 0 saturated heterocycles. The van der Waals surface area contributed by atoms with Gasteiger partial charge in [0.05, 0.1) is 0 Å². The van der Waals surface area contributed by atoms with Crippen molar-refractivity contribution in [2.75, 3.05) is 0 Å². The second-order valence-electron chi connectivity index (χ2n) is 2.35. The summed E-state index contributed by atoms with van der Waals surface area (Å²) < 4.78 is 0. The van der Waals surface area contributed by atoms with E-state index in [1.54, 1.807) is 18.6 Å². The first-order valence-electron chi connectivity index (χ1n) is 3.37. The van der Waals surface area contributed by atoms with E-state index >= 15 is 0 Å². The molecule has 0 aliphatic carbocycles. The van der Waals surface area contributed by atoms with E-state index < -0.39 is 0 Å². The molecule has 0 unspecified atom stereocenters. The third-order valence-electron chi connectivity index (χ3n) is 1.43. The Labute approximate surface area is 63.7 Å². The molecule has 2 heterocycles. The Morgan fingerprint density at radius 1 is 1.27 bits per heavy atom. The van der Waals surface area contributed by atoms with Crippen LogP contribution in [0, 0.1) is 6.92 Å². The van der Waals surface area contributed by atoms with Crippen molar-refractivity contribution in [2.24, 2.45) is 0 Å². The van der Waals surface area contributed by atoms with E-state index in [2.05, 4.69) is 19.9 Å². The van der Waals surface area contributed by atoms with Gasteiger partial charge in [-0.25, -0.2) is 9.97 Å². The van der Waals surface area contributed by atoms with Gasteiger partial charge in [0, 0.05) is 24.3 Å². The van der Waals surface area contributed by atoms with Gasteiger partial charge in [0.25, 0.3) is 0 Å². The first-order valence-corrected chi connectivity index (χ1v) is 3.37. The van der Waals surface area contributed by atoms with Gasteiger partial charge in [-0.3, -0.25) is 0 Å². The summed E-state index contributed by atoms with van der Waals surface area (Å²) in [5, 5.41) is 0. The normalized spacial score (nSPS) is 10.3. The summed E-state index contributed by atoms with van der Waals surface area (Å²) in [6.45, 7) is 1.96. The molecule has 2 aromatic rings. The molecule has 0 saturated carbocycles. The summed E-state index contributed by atoms with van der Waals surface area (Å²) in [5.74, 6) is 1.56. The van der Waals surface area contributed by atoms with Crippen LogP contribution in [0.15, 0.2) is 18.6 Å². The minimum atomic E-state index is 0.776. The highest BCUT2D eigenvalue weighted by Crippen LogP contribution is 2.07. The molecule has 4 nitrogen and oxygen atoms in total. The Hall–Kier alpha value is -1.58. The summed E-state index contributed by atoms with van der Waals surface area (Å²) in [6.07, 6.45) is 5.25. The SMILES string of the molecule is Cc1cnc(-c2ncc[nH]2)[nH]1. The maximum absolute atomic E-state index is 4.11. The van der Waals surface area contributed by atoms with Gasteiger partial charge in [0.1, 0.15) is 0 Å². The molecule has 0 spiro atoms. The lowest BCUT2D eigenvalue weighted by molar-refractivity contribution is 1.18. The quantitative estimate of drug-likeness (QED) is 0.636. The predicted molar refractivity (Wildman–Crippen MR) is 40.9 cm³/mol. The zero-order valence-electron chi connectivity index (χ0n) is 6.13. The van der Waals surface area contributed by atoms with Crippen molar-refractivity contribution >= 4 is 0 Å². The predicted octanol–water partition coefficient (Wildman–Crippen LogP) is 1.11. The van der Waals surface area contributed by atoms with Gasteiger partial charge in [-0.1, -0.05) is 0 Å². The van der Waals surface area contributed by atoms with E-state index in [1.165, 1.54) is 0 Å². The fourth-order valence-electron chi connectivity index (χ4n) is 0.928. The zero-order chi connectivity index (χ0) is 7.68. The first kappa shape index (κ1) is 6.15. The van der Waals surface area contributed by atoms with E-state index in [-0.39, 0.29) is 0 Å². The van der Waals surface area contributed by atoms with Crippen LogP contribution in [0.5, 0.6) is 0 Å². The average molecular weight is 148 g/mol. The molecule has 0 fully saturated rings. The van der Waals surface area contributed by atoms with Crippen LogP contribution >= 0.6 is 0 Å². The summed E-state index contributed by atoms with van der Waals surface area (Å²) in [5.41, 5.74) is 1.04. The number of aryl methyl sites for hydroxylation is 1. The molecule has 0 atom stereocenters.